The molecule has 1 unspecified atom stereocenters. The van der Waals surface area contributed by atoms with Crippen LogP contribution in [0.4, 0.5) is 0 Å². The first-order chi connectivity index (χ1) is 10.2. The zero-order valence-corrected chi connectivity index (χ0v) is 12.2. The first-order valence-electron chi connectivity index (χ1n) is 6.51. The van der Waals surface area contributed by atoms with Crippen LogP contribution in [0.25, 0.3) is 10.9 Å². The molecule has 0 fully saturated rings. The highest BCUT2D eigenvalue weighted by atomic mass is 35.5. The van der Waals surface area contributed by atoms with Crippen LogP contribution in [0.15, 0.2) is 48.5 Å². The second-order valence-corrected chi connectivity index (χ2v) is 4.95. The van der Waals surface area contributed by atoms with Gasteiger partial charge in [0.05, 0.1) is 24.4 Å². The molecule has 0 amide bonds. The van der Waals surface area contributed by atoms with E-state index in [4.69, 9.17) is 22.1 Å². The Hall–Kier alpha value is -2.17. The molecule has 2 N–H and O–H groups in total. The molecule has 0 spiro atoms. The van der Waals surface area contributed by atoms with Crippen LogP contribution in [0.3, 0.4) is 0 Å². The summed E-state index contributed by atoms with van der Waals surface area (Å²) in [5.41, 5.74) is 8.73. The van der Waals surface area contributed by atoms with Gasteiger partial charge in [0, 0.05) is 10.9 Å². The van der Waals surface area contributed by atoms with Gasteiger partial charge in [-0.2, -0.15) is 0 Å². The van der Waals surface area contributed by atoms with Gasteiger partial charge < -0.3 is 10.5 Å². The predicted octanol–water partition coefficient (Wildman–Crippen LogP) is 3.34. The summed E-state index contributed by atoms with van der Waals surface area (Å²) in [6.07, 6.45) is 0. The van der Waals surface area contributed by atoms with Crippen LogP contribution in [0.5, 0.6) is 5.75 Å². The molecule has 1 aromatic heterocycles. The lowest BCUT2D eigenvalue weighted by Crippen LogP contribution is -2.15. The normalized spacial score (nSPS) is 12.3. The molecule has 106 valence electrons. The van der Waals surface area contributed by atoms with Crippen molar-refractivity contribution in [3.05, 3.63) is 65.1 Å². The number of methoxy groups -OCH3 is 1. The number of nitrogens with zero attached hydrogens (tertiary/aromatic N) is 2. The van der Waals surface area contributed by atoms with Crippen LogP contribution in [0.1, 0.15) is 17.3 Å². The Balaban J connectivity index is 2.20. The minimum Gasteiger partial charge on any atom is -0.496 e. The molecule has 0 saturated heterocycles. The van der Waals surface area contributed by atoms with Crippen molar-refractivity contribution in [2.45, 2.75) is 6.04 Å². The average molecular weight is 300 g/mol. The number of hydrogen-bond acceptors (Lipinski definition) is 4. The van der Waals surface area contributed by atoms with Gasteiger partial charge in [0.2, 0.25) is 5.28 Å². The number of nitrogens with two attached hydrogens (primary N) is 1. The number of benzene rings is 2. The molecule has 3 rings (SSSR count). The Labute approximate surface area is 127 Å². The van der Waals surface area contributed by atoms with E-state index in [-0.39, 0.29) is 5.28 Å². The largest absolute Gasteiger partial charge is 0.496 e. The van der Waals surface area contributed by atoms with Crippen LogP contribution in [-0.4, -0.2) is 17.1 Å². The Morgan fingerprint density at radius 2 is 1.76 bits per heavy atom. The van der Waals surface area contributed by atoms with Crippen LogP contribution in [0, 0.1) is 0 Å². The molecule has 4 nitrogen and oxygen atoms in total. The van der Waals surface area contributed by atoms with E-state index >= 15 is 0 Å². The summed E-state index contributed by atoms with van der Waals surface area (Å²) in [7, 11) is 1.62. The highest BCUT2D eigenvalue weighted by Gasteiger charge is 2.18. The molecular weight excluding hydrogens is 286 g/mol. The zero-order valence-electron chi connectivity index (χ0n) is 11.5. The van der Waals surface area contributed by atoms with E-state index in [0.29, 0.717) is 5.69 Å². The van der Waals surface area contributed by atoms with E-state index < -0.39 is 6.04 Å². The fraction of sp³-hybridized carbons (Fsp3) is 0.125. The van der Waals surface area contributed by atoms with Gasteiger partial charge in [0.1, 0.15) is 5.75 Å². The third-order valence-corrected chi connectivity index (χ3v) is 3.54. The van der Waals surface area contributed by atoms with E-state index in [1.54, 1.807) is 7.11 Å². The monoisotopic (exact) mass is 299 g/mol. The summed E-state index contributed by atoms with van der Waals surface area (Å²) in [6.45, 7) is 0. The molecule has 2 aromatic carbocycles. The summed E-state index contributed by atoms with van der Waals surface area (Å²) in [5.74, 6) is 0.726. The summed E-state index contributed by atoms with van der Waals surface area (Å²) >= 11 is 6.02. The lowest BCUT2D eigenvalue weighted by atomic mass is 10.00. The van der Waals surface area contributed by atoms with Gasteiger partial charge in [-0.3, -0.25) is 0 Å². The number of rotatable bonds is 3. The minimum absolute atomic E-state index is 0.189. The molecule has 1 heterocycles. The Morgan fingerprint density at radius 3 is 2.57 bits per heavy atom. The number of hydrogen-bond donors (Lipinski definition) is 1. The van der Waals surface area contributed by atoms with Crippen LogP contribution >= 0.6 is 11.6 Å². The van der Waals surface area contributed by atoms with Crippen molar-refractivity contribution in [3.8, 4) is 5.75 Å². The lowest BCUT2D eigenvalue weighted by Gasteiger charge is -2.17. The highest BCUT2D eigenvalue weighted by Crippen LogP contribution is 2.31. The Kier molecular flexibility index (Phi) is 3.73. The van der Waals surface area contributed by atoms with Gasteiger partial charge in [0.25, 0.3) is 0 Å². The van der Waals surface area contributed by atoms with Crippen molar-refractivity contribution >= 4 is 22.5 Å². The maximum absolute atomic E-state index is 6.40. The van der Waals surface area contributed by atoms with Gasteiger partial charge in [0.15, 0.2) is 0 Å². The van der Waals surface area contributed by atoms with Crippen molar-refractivity contribution < 1.29 is 4.74 Å². The topological polar surface area (TPSA) is 61.0 Å². The summed E-state index contributed by atoms with van der Waals surface area (Å²) in [4.78, 5) is 8.55. The summed E-state index contributed by atoms with van der Waals surface area (Å²) in [6, 6.07) is 14.9. The molecule has 0 aliphatic carbocycles. The van der Waals surface area contributed by atoms with Gasteiger partial charge in [-0.15, -0.1) is 0 Å². The number of halogens is 1. The molecule has 0 radical (unpaired) electrons. The van der Waals surface area contributed by atoms with Gasteiger partial charge >= 0.3 is 0 Å². The van der Waals surface area contributed by atoms with E-state index in [0.717, 1.165) is 22.2 Å². The van der Waals surface area contributed by atoms with Crippen molar-refractivity contribution in [1.82, 2.24) is 9.97 Å². The SMILES string of the molecule is COc1ccccc1C(N)c1nc(Cl)nc2ccccc12. The second-order valence-electron chi connectivity index (χ2n) is 4.61. The predicted molar refractivity (Wildman–Crippen MR) is 83.6 cm³/mol. The maximum Gasteiger partial charge on any atom is 0.223 e. The van der Waals surface area contributed by atoms with Gasteiger partial charge in [-0.05, 0) is 23.7 Å². The van der Waals surface area contributed by atoms with Crippen molar-refractivity contribution in [2.24, 2.45) is 5.73 Å². The Morgan fingerprint density at radius 1 is 1.05 bits per heavy atom. The summed E-state index contributed by atoms with van der Waals surface area (Å²) in [5, 5.41) is 1.08. The van der Waals surface area contributed by atoms with Gasteiger partial charge in [-0.25, -0.2) is 9.97 Å². The average Bonchev–Trinajstić information content (AvgIpc) is 2.53. The fourth-order valence-electron chi connectivity index (χ4n) is 2.38. The first kappa shape index (κ1) is 13.8. The molecule has 0 aliphatic rings. The van der Waals surface area contributed by atoms with Crippen molar-refractivity contribution in [1.29, 1.82) is 0 Å². The number of para-hydroxylation sites is 2. The molecule has 1 atom stereocenters. The van der Waals surface area contributed by atoms with Gasteiger partial charge in [-0.1, -0.05) is 36.4 Å². The standard InChI is InChI=1S/C16H14ClN3O/c1-21-13-9-5-3-7-11(13)14(18)15-10-6-2-4-8-12(10)19-16(17)20-15/h2-9,14H,18H2,1H3. The van der Waals surface area contributed by atoms with Crippen LogP contribution < -0.4 is 10.5 Å². The van der Waals surface area contributed by atoms with E-state index in [9.17, 15) is 0 Å². The fourth-order valence-corrected chi connectivity index (χ4v) is 2.56. The molecular formula is C16H14ClN3O. The van der Waals surface area contributed by atoms with Crippen LogP contribution in [-0.2, 0) is 0 Å². The van der Waals surface area contributed by atoms with E-state index in [2.05, 4.69) is 9.97 Å². The quantitative estimate of drug-likeness (QED) is 0.754. The Bertz CT molecular complexity index is 791. The zero-order chi connectivity index (χ0) is 14.8. The molecule has 0 saturated carbocycles. The number of ether oxygens (including phenoxy) is 1. The van der Waals surface area contributed by atoms with Crippen molar-refractivity contribution in [2.75, 3.05) is 7.11 Å². The molecule has 3 aromatic rings. The third-order valence-electron chi connectivity index (χ3n) is 3.37. The molecule has 21 heavy (non-hydrogen) atoms. The highest BCUT2D eigenvalue weighted by molar-refractivity contribution is 6.28. The van der Waals surface area contributed by atoms with Crippen molar-refractivity contribution in [3.63, 3.8) is 0 Å². The molecule has 5 heteroatoms. The molecule has 0 aliphatic heterocycles. The van der Waals surface area contributed by atoms with Crippen LogP contribution in [0.2, 0.25) is 5.28 Å². The lowest BCUT2D eigenvalue weighted by molar-refractivity contribution is 0.407. The summed E-state index contributed by atoms with van der Waals surface area (Å²) < 4.78 is 5.37. The smallest absolute Gasteiger partial charge is 0.223 e. The first-order valence-corrected chi connectivity index (χ1v) is 6.89. The number of fused-ring (bicyclic) bond motifs is 1. The minimum atomic E-state index is -0.438. The second kappa shape index (κ2) is 5.68. The van der Waals surface area contributed by atoms with E-state index in [1.807, 2.05) is 48.5 Å². The van der Waals surface area contributed by atoms with E-state index in [1.165, 1.54) is 0 Å². The maximum atomic E-state index is 6.40. The third kappa shape index (κ3) is 2.55. The molecule has 0 bridgehead atoms. The number of aromatic nitrogens is 2.